The molecule has 28 heavy (non-hydrogen) atoms. The Hall–Kier alpha value is -3.32. The molecule has 1 atom stereocenters. The lowest BCUT2D eigenvalue weighted by Crippen LogP contribution is -2.26. The van der Waals surface area contributed by atoms with Gasteiger partial charge >= 0.3 is 5.97 Å². The molecular weight excluding hydrogens is 376 g/mol. The lowest BCUT2D eigenvalue weighted by atomic mass is 10.1. The summed E-state index contributed by atoms with van der Waals surface area (Å²) >= 11 is 0. The largest absolute Gasteiger partial charge is 0.434 e. The highest BCUT2D eigenvalue weighted by atomic mass is 32.2. The van der Waals surface area contributed by atoms with Gasteiger partial charge in [-0.3, -0.25) is 4.72 Å². The number of carbonyl (C=O) groups excluding carboxylic acids is 1. The quantitative estimate of drug-likeness (QED) is 0.652. The summed E-state index contributed by atoms with van der Waals surface area (Å²) in [5.74, 6) is -0.462. The van der Waals surface area contributed by atoms with Gasteiger partial charge in [0.05, 0.1) is 21.8 Å². The first-order valence-electron chi connectivity index (χ1n) is 8.69. The average Bonchev–Trinajstić information content (AvgIpc) is 2.68. The number of anilines is 2. The maximum Gasteiger partial charge on any atom is 0.342 e. The minimum atomic E-state index is -3.78. The number of sulfonamides is 1. The molecule has 0 bridgehead atoms. The number of esters is 1. The van der Waals surface area contributed by atoms with Gasteiger partial charge in [0, 0.05) is 5.56 Å². The summed E-state index contributed by atoms with van der Waals surface area (Å²) in [5.41, 5.74) is 2.90. The molecule has 142 valence electrons. The number of ether oxygens (including phenoxy) is 1. The van der Waals surface area contributed by atoms with Crippen LogP contribution in [0.3, 0.4) is 0 Å². The van der Waals surface area contributed by atoms with E-state index in [-0.39, 0.29) is 4.90 Å². The van der Waals surface area contributed by atoms with Crippen molar-refractivity contribution in [2.75, 3.05) is 10.0 Å². The molecule has 4 rings (SSSR count). The molecule has 0 saturated carbocycles. The van der Waals surface area contributed by atoms with Crippen LogP contribution < -0.4 is 10.0 Å². The summed E-state index contributed by atoms with van der Waals surface area (Å²) in [5, 5.41) is 3.14. The number of para-hydroxylation sites is 2. The first kappa shape index (κ1) is 18.1. The first-order chi connectivity index (χ1) is 13.4. The third-order valence-corrected chi connectivity index (χ3v) is 5.86. The Bertz CT molecular complexity index is 1140. The number of hydrogen-bond donors (Lipinski definition) is 2. The van der Waals surface area contributed by atoms with E-state index in [2.05, 4.69) is 10.0 Å². The van der Waals surface area contributed by atoms with Crippen LogP contribution in [-0.4, -0.2) is 14.4 Å². The first-order valence-corrected chi connectivity index (χ1v) is 10.2. The zero-order valence-corrected chi connectivity index (χ0v) is 15.9. The number of aryl methyl sites for hydroxylation is 1. The number of fused-ring (bicyclic) bond motifs is 1. The van der Waals surface area contributed by atoms with Crippen LogP contribution in [0.15, 0.2) is 77.7 Å². The minimum absolute atomic E-state index is 0.159. The smallest absolute Gasteiger partial charge is 0.342 e. The molecule has 3 aromatic rings. The second kappa shape index (κ2) is 7.01. The van der Waals surface area contributed by atoms with E-state index in [0.717, 1.165) is 5.56 Å². The monoisotopic (exact) mass is 394 g/mol. The van der Waals surface area contributed by atoms with Gasteiger partial charge in [0.25, 0.3) is 10.0 Å². The molecule has 6 nitrogen and oxygen atoms in total. The van der Waals surface area contributed by atoms with Crippen LogP contribution in [0.4, 0.5) is 11.4 Å². The Labute approximate surface area is 163 Å². The van der Waals surface area contributed by atoms with Gasteiger partial charge < -0.3 is 10.1 Å². The summed E-state index contributed by atoms with van der Waals surface area (Å²) in [6.07, 6.45) is -0.806. The lowest BCUT2D eigenvalue weighted by molar-refractivity contribution is 0.0332. The van der Waals surface area contributed by atoms with Crippen LogP contribution in [0, 0.1) is 6.92 Å². The molecule has 0 unspecified atom stereocenters. The third-order valence-electron chi connectivity index (χ3n) is 4.48. The van der Waals surface area contributed by atoms with Crippen molar-refractivity contribution in [1.82, 2.24) is 0 Å². The standard InChI is InChI=1S/C21H18N2O4S/c1-14-10-12-15(13-11-14)28(25,26)23-19-9-5-2-6-16(19)20-22-18-8-4-3-7-17(18)21(24)27-20/h2-13,20,22-23H,1H3/t20-/m0/s1. The summed E-state index contributed by atoms with van der Waals surface area (Å²) in [6, 6.07) is 20.4. The molecule has 0 spiro atoms. The molecule has 0 radical (unpaired) electrons. The fourth-order valence-corrected chi connectivity index (χ4v) is 4.10. The summed E-state index contributed by atoms with van der Waals surface area (Å²) in [6.45, 7) is 1.89. The highest BCUT2D eigenvalue weighted by Gasteiger charge is 2.29. The molecule has 3 aromatic carbocycles. The van der Waals surface area contributed by atoms with Gasteiger partial charge in [0.15, 0.2) is 0 Å². The third kappa shape index (κ3) is 3.44. The summed E-state index contributed by atoms with van der Waals surface area (Å²) in [7, 11) is -3.78. The normalized spacial score (nSPS) is 15.9. The molecule has 0 saturated heterocycles. The zero-order chi connectivity index (χ0) is 19.7. The van der Waals surface area contributed by atoms with E-state index in [1.165, 1.54) is 0 Å². The molecule has 1 aliphatic rings. The fourth-order valence-electron chi connectivity index (χ4n) is 3.01. The van der Waals surface area contributed by atoms with Crippen molar-refractivity contribution in [3.63, 3.8) is 0 Å². The van der Waals surface area contributed by atoms with Crippen LogP contribution in [0.1, 0.15) is 27.7 Å². The van der Waals surface area contributed by atoms with Crippen LogP contribution in [-0.2, 0) is 14.8 Å². The van der Waals surface area contributed by atoms with E-state index >= 15 is 0 Å². The van der Waals surface area contributed by atoms with Gasteiger partial charge in [-0.05, 0) is 37.3 Å². The Kier molecular flexibility index (Phi) is 4.52. The topological polar surface area (TPSA) is 84.5 Å². The average molecular weight is 394 g/mol. The van der Waals surface area contributed by atoms with Gasteiger partial charge in [-0.2, -0.15) is 0 Å². The van der Waals surface area contributed by atoms with Crippen molar-refractivity contribution in [3.05, 3.63) is 89.5 Å². The predicted molar refractivity (Wildman–Crippen MR) is 107 cm³/mol. The molecule has 1 heterocycles. The Morgan fingerprint density at radius 2 is 1.61 bits per heavy atom. The van der Waals surface area contributed by atoms with Crippen molar-refractivity contribution < 1.29 is 17.9 Å². The van der Waals surface area contributed by atoms with E-state index in [4.69, 9.17) is 4.74 Å². The van der Waals surface area contributed by atoms with Crippen molar-refractivity contribution >= 4 is 27.4 Å². The summed E-state index contributed by atoms with van der Waals surface area (Å²) < 4.78 is 33.6. The highest BCUT2D eigenvalue weighted by molar-refractivity contribution is 7.92. The van der Waals surface area contributed by atoms with Gasteiger partial charge in [0.1, 0.15) is 0 Å². The molecule has 0 amide bonds. The molecule has 0 aliphatic carbocycles. The van der Waals surface area contributed by atoms with Crippen molar-refractivity contribution in [2.24, 2.45) is 0 Å². The van der Waals surface area contributed by atoms with Crippen molar-refractivity contribution in [2.45, 2.75) is 18.0 Å². The number of benzene rings is 3. The van der Waals surface area contributed by atoms with E-state index in [1.54, 1.807) is 66.7 Å². The highest BCUT2D eigenvalue weighted by Crippen LogP contribution is 2.34. The van der Waals surface area contributed by atoms with Crippen molar-refractivity contribution in [3.8, 4) is 0 Å². The fraction of sp³-hybridized carbons (Fsp3) is 0.0952. The van der Waals surface area contributed by atoms with E-state index in [9.17, 15) is 13.2 Å². The Balaban J connectivity index is 1.67. The zero-order valence-electron chi connectivity index (χ0n) is 15.0. The van der Waals surface area contributed by atoms with Gasteiger partial charge in [-0.1, -0.05) is 48.0 Å². The number of hydrogen-bond acceptors (Lipinski definition) is 5. The summed E-state index contributed by atoms with van der Waals surface area (Å²) in [4.78, 5) is 12.5. The molecule has 1 aliphatic heterocycles. The molecule has 0 aromatic heterocycles. The van der Waals surface area contributed by atoms with Crippen LogP contribution in [0.25, 0.3) is 0 Å². The number of rotatable bonds is 4. The molecule has 0 fully saturated rings. The van der Waals surface area contributed by atoms with E-state index < -0.39 is 22.2 Å². The maximum atomic E-state index is 12.8. The van der Waals surface area contributed by atoms with Gasteiger partial charge in [-0.25, -0.2) is 13.2 Å². The molecular formula is C21H18N2O4S. The minimum Gasteiger partial charge on any atom is -0.434 e. The van der Waals surface area contributed by atoms with Crippen LogP contribution in [0.2, 0.25) is 0 Å². The maximum absolute atomic E-state index is 12.8. The van der Waals surface area contributed by atoms with Crippen LogP contribution in [0.5, 0.6) is 0 Å². The van der Waals surface area contributed by atoms with E-state index in [1.807, 2.05) is 13.0 Å². The second-order valence-electron chi connectivity index (χ2n) is 6.48. The van der Waals surface area contributed by atoms with Gasteiger partial charge in [0.2, 0.25) is 6.23 Å². The van der Waals surface area contributed by atoms with Gasteiger partial charge in [-0.15, -0.1) is 0 Å². The van der Waals surface area contributed by atoms with Crippen molar-refractivity contribution in [1.29, 1.82) is 0 Å². The molecule has 7 heteroatoms. The number of carbonyl (C=O) groups is 1. The SMILES string of the molecule is Cc1ccc(S(=O)(=O)Nc2ccccc2[C@H]2Nc3ccccc3C(=O)O2)cc1. The predicted octanol–water partition coefficient (Wildman–Crippen LogP) is 4.08. The number of cyclic esters (lactones) is 1. The van der Waals surface area contributed by atoms with E-state index in [0.29, 0.717) is 22.5 Å². The lowest BCUT2D eigenvalue weighted by Gasteiger charge is -2.28. The Morgan fingerprint density at radius 3 is 2.39 bits per heavy atom. The second-order valence-corrected chi connectivity index (χ2v) is 8.16. The van der Waals surface area contributed by atoms with Crippen LogP contribution >= 0.6 is 0 Å². The molecule has 2 N–H and O–H groups in total. The number of nitrogens with one attached hydrogen (secondary N) is 2. The Morgan fingerprint density at radius 1 is 0.929 bits per heavy atom.